The number of halogens is 1. The second-order valence-electron chi connectivity index (χ2n) is 3.57. The molecular formula is C14H13F. The standard InChI is InChI=1S/C14H13F/c1-11(15)13-9-5-6-10-14(13)12-7-3-2-4-8-12/h2-11H,1H3. The fraction of sp³-hybridized carbons (Fsp3) is 0.143. The highest BCUT2D eigenvalue weighted by atomic mass is 19.1. The van der Waals surface area contributed by atoms with Gasteiger partial charge in [0.1, 0.15) is 6.17 Å². The van der Waals surface area contributed by atoms with Crippen LogP contribution >= 0.6 is 0 Å². The van der Waals surface area contributed by atoms with Crippen LogP contribution in [0.1, 0.15) is 18.7 Å². The second-order valence-corrected chi connectivity index (χ2v) is 3.57. The molecule has 0 fully saturated rings. The molecule has 0 amide bonds. The van der Waals surface area contributed by atoms with E-state index in [-0.39, 0.29) is 0 Å². The first-order valence-corrected chi connectivity index (χ1v) is 5.07. The minimum Gasteiger partial charge on any atom is -0.243 e. The Balaban J connectivity index is 2.53. The molecule has 0 aliphatic carbocycles. The number of hydrogen-bond acceptors (Lipinski definition) is 0. The number of alkyl halides is 1. The van der Waals surface area contributed by atoms with Crippen molar-refractivity contribution in [3.8, 4) is 11.1 Å². The summed E-state index contributed by atoms with van der Waals surface area (Å²) in [5.74, 6) is 0. The summed E-state index contributed by atoms with van der Waals surface area (Å²) in [5, 5.41) is 0. The summed E-state index contributed by atoms with van der Waals surface area (Å²) in [5.41, 5.74) is 2.80. The summed E-state index contributed by atoms with van der Waals surface area (Å²) in [6.45, 7) is 1.57. The van der Waals surface area contributed by atoms with Gasteiger partial charge in [-0.1, -0.05) is 54.6 Å². The lowest BCUT2D eigenvalue weighted by Crippen LogP contribution is -1.90. The van der Waals surface area contributed by atoms with E-state index in [1.54, 1.807) is 6.92 Å². The minimum atomic E-state index is -0.929. The van der Waals surface area contributed by atoms with E-state index in [4.69, 9.17) is 0 Å². The van der Waals surface area contributed by atoms with Crippen molar-refractivity contribution in [3.63, 3.8) is 0 Å². The molecule has 76 valence electrons. The van der Waals surface area contributed by atoms with Crippen LogP contribution in [0.3, 0.4) is 0 Å². The molecule has 0 N–H and O–H groups in total. The topological polar surface area (TPSA) is 0 Å². The Bertz CT molecular complexity index is 432. The molecule has 1 unspecified atom stereocenters. The van der Waals surface area contributed by atoms with E-state index < -0.39 is 6.17 Å². The highest BCUT2D eigenvalue weighted by Crippen LogP contribution is 2.29. The van der Waals surface area contributed by atoms with Gasteiger partial charge >= 0.3 is 0 Å². The Morgan fingerprint density at radius 1 is 0.867 bits per heavy atom. The Kier molecular flexibility index (Phi) is 2.82. The van der Waals surface area contributed by atoms with Crippen molar-refractivity contribution in [2.24, 2.45) is 0 Å². The van der Waals surface area contributed by atoms with Gasteiger partial charge in [0, 0.05) is 0 Å². The number of rotatable bonds is 2. The SMILES string of the molecule is CC(F)c1ccccc1-c1ccccc1. The monoisotopic (exact) mass is 200 g/mol. The van der Waals surface area contributed by atoms with Crippen molar-refractivity contribution < 1.29 is 4.39 Å². The zero-order chi connectivity index (χ0) is 10.7. The fourth-order valence-electron chi connectivity index (χ4n) is 1.72. The predicted octanol–water partition coefficient (Wildman–Crippen LogP) is 4.38. The van der Waals surface area contributed by atoms with Crippen molar-refractivity contribution in [2.75, 3.05) is 0 Å². The summed E-state index contributed by atoms with van der Waals surface area (Å²) in [6, 6.07) is 17.5. The third-order valence-corrected chi connectivity index (χ3v) is 2.47. The lowest BCUT2D eigenvalue weighted by molar-refractivity contribution is 0.375. The normalized spacial score (nSPS) is 12.4. The van der Waals surface area contributed by atoms with Crippen LogP contribution in [0.5, 0.6) is 0 Å². The van der Waals surface area contributed by atoms with Gasteiger partial charge in [0.15, 0.2) is 0 Å². The van der Waals surface area contributed by atoms with Gasteiger partial charge in [0.2, 0.25) is 0 Å². The van der Waals surface area contributed by atoms with Gasteiger partial charge in [0.25, 0.3) is 0 Å². The van der Waals surface area contributed by atoms with Crippen molar-refractivity contribution in [1.82, 2.24) is 0 Å². The minimum absolute atomic E-state index is 0.753. The summed E-state index contributed by atoms with van der Waals surface area (Å²) in [4.78, 5) is 0. The molecule has 0 saturated heterocycles. The number of hydrogen-bond donors (Lipinski definition) is 0. The van der Waals surface area contributed by atoms with Gasteiger partial charge < -0.3 is 0 Å². The van der Waals surface area contributed by atoms with Crippen LogP contribution in [0, 0.1) is 0 Å². The van der Waals surface area contributed by atoms with Crippen LogP contribution in [0.15, 0.2) is 54.6 Å². The van der Waals surface area contributed by atoms with Gasteiger partial charge in [-0.3, -0.25) is 0 Å². The molecule has 2 aromatic carbocycles. The molecule has 2 rings (SSSR count). The zero-order valence-electron chi connectivity index (χ0n) is 8.65. The largest absolute Gasteiger partial charge is 0.243 e. The van der Waals surface area contributed by atoms with Crippen LogP contribution < -0.4 is 0 Å². The maximum atomic E-state index is 13.4. The molecule has 0 radical (unpaired) electrons. The molecule has 15 heavy (non-hydrogen) atoms. The fourth-order valence-corrected chi connectivity index (χ4v) is 1.72. The molecule has 0 heterocycles. The lowest BCUT2D eigenvalue weighted by atomic mass is 9.97. The van der Waals surface area contributed by atoms with Crippen molar-refractivity contribution in [2.45, 2.75) is 13.1 Å². The molecule has 2 aromatic rings. The van der Waals surface area contributed by atoms with Crippen molar-refractivity contribution in [3.05, 3.63) is 60.2 Å². The molecule has 0 aliphatic heterocycles. The highest BCUT2D eigenvalue weighted by Gasteiger charge is 2.09. The Morgan fingerprint density at radius 2 is 1.47 bits per heavy atom. The van der Waals surface area contributed by atoms with E-state index in [0.717, 1.165) is 16.7 Å². The molecule has 0 spiro atoms. The quantitative estimate of drug-likeness (QED) is 0.674. The number of benzene rings is 2. The van der Waals surface area contributed by atoms with Crippen LogP contribution in [0.2, 0.25) is 0 Å². The third-order valence-electron chi connectivity index (χ3n) is 2.47. The van der Waals surface area contributed by atoms with Gasteiger partial charge in [-0.05, 0) is 23.6 Å². The summed E-state index contributed by atoms with van der Waals surface area (Å²) in [6.07, 6.45) is -0.929. The van der Waals surface area contributed by atoms with Crippen LogP contribution in [0.25, 0.3) is 11.1 Å². The van der Waals surface area contributed by atoms with E-state index in [9.17, 15) is 4.39 Å². The van der Waals surface area contributed by atoms with Gasteiger partial charge in [-0.25, -0.2) is 4.39 Å². The molecule has 0 bridgehead atoms. The van der Waals surface area contributed by atoms with E-state index in [1.807, 2.05) is 54.6 Å². The van der Waals surface area contributed by atoms with Crippen molar-refractivity contribution >= 4 is 0 Å². The Hall–Kier alpha value is -1.63. The average molecular weight is 200 g/mol. The van der Waals surface area contributed by atoms with E-state index >= 15 is 0 Å². The van der Waals surface area contributed by atoms with E-state index in [0.29, 0.717) is 0 Å². The Morgan fingerprint density at radius 3 is 2.13 bits per heavy atom. The molecule has 0 aromatic heterocycles. The van der Waals surface area contributed by atoms with Crippen LogP contribution in [0.4, 0.5) is 4.39 Å². The molecule has 1 heteroatoms. The summed E-state index contributed by atoms with van der Waals surface area (Å²) >= 11 is 0. The first-order chi connectivity index (χ1) is 7.29. The van der Waals surface area contributed by atoms with E-state index in [2.05, 4.69) is 0 Å². The molecular weight excluding hydrogens is 187 g/mol. The van der Waals surface area contributed by atoms with Gasteiger partial charge in [0.05, 0.1) is 0 Å². The molecule has 1 atom stereocenters. The predicted molar refractivity (Wildman–Crippen MR) is 61.4 cm³/mol. The molecule has 0 nitrogen and oxygen atoms in total. The first kappa shape index (κ1) is 9.91. The van der Waals surface area contributed by atoms with E-state index in [1.165, 1.54) is 0 Å². The van der Waals surface area contributed by atoms with Gasteiger partial charge in [-0.15, -0.1) is 0 Å². The average Bonchev–Trinajstić information content (AvgIpc) is 2.30. The lowest BCUT2D eigenvalue weighted by Gasteiger charge is -2.10. The maximum Gasteiger partial charge on any atom is 0.123 e. The first-order valence-electron chi connectivity index (χ1n) is 5.07. The van der Waals surface area contributed by atoms with Gasteiger partial charge in [-0.2, -0.15) is 0 Å². The van der Waals surface area contributed by atoms with Crippen LogP contribution in [-0.2, 0) is 0 Å². The zero-order valence-corrected chi connectivity index (χ0v) is 8.65. The summed E-state index contributed by atoms with van der Waals surface area (Å²) < 4.78 is 13.4. The Labute approximate surface area is 89.4 Å². The maximum absolute atomic E-state index is 13.4. The molecule has 0 aliphatic rings. The second kappa shape index (κ2) is 4.26. The van der Waals surface area contributed by atoms with Crippen molar-refractivity contribution in [1.29, 1.82) is 0 Å². The summed E-state index contributed by atoms with van der Waals surface area (Å²) in [7, 11) is 0. The third kappa shape index (κ3) is 2.07. The highest BCUT2D eigenvalue weighted by molar-refractivity contribution is 5.67. The van der Waals surface area contributed by atoms with Crippen LogP contribution in [-0.4, -0.2) is 0 Å². The smallest absolute Gasteiger partial charge is 0.123 e. The molecule has 0 saturated carbocycles.